The third-order valence-electron chi connectivity index (χ3n) is 4.78. The molecule has 0 unspecified atom stereocenters. The van der Waals surface area contributed by atoms with Crippen LogP contribution in [0.25, 0.3) is 10.6 Å². The second-order valence-corrected chi connectivity index (χ2v) is 7.81. The fourth-order valence-corrected chi connectivity index (χ4v) is 4.13. The Morgan fingerprint density at radius 1 is 1.21 bits per heavy atom. The Kier molecular flexibility index (Phi) is 5.39. The largest absolute Gasteiger partial charge is 0.489 e. The molecule has 0 N–H and O–H groups in total. The lowest BCUT2D eigenvalue weighted by molar-refractivity contribution is 0.0788. The Morgan fingerprint density at radius 2 is 2.04 bits per heavy atom. The van der Waals surface area contributed by atoms with Gasteiger partial charge in [-0.2, -0.15) is 0 Å². The fourth-order valence-electron chi connectivity index (χ4n) is 3.31. The van der Waals surface area contributed by atoms with Gasteiger partial charge in [-0.15, -0.1) is 11.3 Å². The van der Waals surface area contributed by atoms with E-state index in [0.717, 1.165) is 37.1 Å². The molecule has 1 aromatic heterocycles. The number of ether oxygens (including phenoxy) is 1. The van der Waals surface area contributed by atoms with Crippen LogP contribution in [0, 0.1) is 12.7 Å². The third-order valence-corrected chi connectivity index (χ3v) is 5.65. The molecule has 0 bridgehead atoms. The lowest BCUT2D eigenvalue weighted by Crippen LogP contribution is -2.27. The zero-order chi connectivity index (χ0) is 19.5. The lowest BCUT2D eigenvalue weighted by Gasteiger charge is -2.12. The van der Waals surface area contributed by atoms with Gasteiger partial charge < -0.3 is 9.64 Å². The number of aryl methyl sites for hydroxylation is 1. The van der Waals surface area contributed by atoms with Crippen LogP contribution < -0.4 is 4.74 Å². The smallest absolute Gasteiger partial charge is 0.273 e. The van der Waals surface area contributed by atoms with E-state index < -0.39 is 5.82 Å². The van der Waals surface area contributed by atoms with Gasteiger partial charge in [0.25, 0.3) is 5.91 Å². The summed E-state index contributed by atoms with van der Waals surface area (Å²) in [6.45, 7) is 3.95. The Bertz CT molecular complexity index is 996. The first-order chi connectivity index (χ1) is 13.6. The molecule has 0 atom stereocenters. The number of benzene rings is 2. The molecule has 0 aliphatic carbocycles. The van der Waals surface area contributed by atoms with Crippen molar-refractivity contribution in [2.45, 2.75) is 26.4 Å². The molecule has 2 aromatic carbocycles. The predicted molar refractivity (Wildman–Crippen MR) is 108 cm³/mol. The van der Waals surface area contributed by atoms with E-state index in [0.29, 0.717) is 28.6 Å². The highest BCUT2D eigenvalue weighted by atomic mass is 32.1. The van der Waals surface area contributed by atoms with E-state index in [1.165, 1.54) is 17.4 Å². The predicted octanol–water partition coefficient (Wildman–Crippen LogP) is 5.07. The first-order valence-corrected chi connectivity index (χ1v) is 10.2. The highest BCUT2D eigenvalue weighted by Gasteiger charge is 2.22. The highest BCUT2D eigenvalue weighted by Crippen LogP contribution is 2.30. The number of halogens is 1. The lowest BCUT2D eigenvalue weighted by atomic mass is 10.1. The van der Waals surface area contributed by atoms with Crippen molar-refractivity contribution in [1.29, 1.82) is 0 Å². The molecule has 1 amide bonds. The van der Waals surface area contributed by atoms with Crippen LogP contribution in [-0.2, 0) is 6.61 Å². The van der Waals surface area contributed by atoms with Crippen LogP contribution >= 0.6 is 11.3 Å². The van der Waals surface area contributed by atoms with E-state index >= 15 is 0 Å². The molecule has 0 radical (unpaired) electrons. The van der Waals surface area contributed by atoms with Gasteiger partial charge in [0.15, 0.2) is 0 Å². The van der Waals surface area contributed by atoms with Crippen molar-refractivity contribution in [3.8, 4) is 16.3 Å². The molecule has 0 spiro atoms. The minimum absolute atomic E-state index is 0.0708. The second kappa shape index (κ2) is 8.10. The SMILES string of the molecule is Cc1cccc(COc2ccc(-c3nc(C(=O)N4CCCC4)cs3)c(F)c2)c1. The average molecular weight is 396 g/mol. The van der Waals surface area contributed by atoms with Crippen LogP contribution in [0.4, 0.5) is 4.39 Å². The monoisotopic (exact) mass is 396 g/mol. The van der Waals surface area contributed by atoms with Crippen LogP contribution in [0.5, 0.6) is 5.75 Å². The number of rotatable bonds is 5. The molecular formula is C22H21FN2O2S. The van der Waals surface area contributed by atoms with Gasteiger partial charge in [-0.25, -0.2) is 9.37 Å². The van der Waals surface area contributed by atoms with Gasteiger partial charge in [-0.3, -0.25) is 4.79 Å². The molecule has 4 nitrogen and oxygen atoms in total. The van der Waals surface area contributed by atoms with E-state index in [-0.39, 0.29) is 5.91 Å². The van der Waals surface area contributed by atoms with Crippen molar-refractivity contribution in [2.75, 3.05) is 13.1 Å². The van der Waals surface area contributed by atoms with Crippen LogP contribution in [0.3, 0.4) is 0 Å². The second-order valence-electron chi connectivity index (χ2n) is 6.96. The quantitative estimate of drug-likeness (QED) is 0.604. The Labute approximate surface area is 167 Å². The summed E-state index contributed by atoms with van der Waals surface area (Å²) in [7, 11) is 0. The first-order valence-electron chi connectivity index (χ1n) is 9.33. The standard InChI is InChI=1S/C22H21FN2O2S/c1-15-5-4-6-16(11-15)13-27-17-7-8-18(19(23)12-17)21-24-20(14-28-21)22(26)25-9-2-3-10-25/h4-8,11-12,14H,2-3,9-10,13H2,1H3. The minimum Gasteiger partial charge on any atom is -0.489 e. The Morgan fingerprint density at radius 3 is 2.79 bits per heavy atom. The van der Waals surface area contributed by atoms with Gasteiger partial charge in [0.05, 0.1) is 0 Å². The molecule has 1 aliphatic rings. The van der Waals surface area contributed by atoms with E-state index in [2.05, 4.69) is 4.98 Å². The van der Waals surface area contributed by atoms with Crippen molar-refractivity contribution < 1.29 is 13.9 Å². The highest BCUT2D eigenvalue weighted by molar-refractivity contribution is 7.13. The number of thiazole rings is 1. The summed E-state index contributed by atoms with van der Waals surface area (Å²) >= 11 is 1.28. The summed E-state index contributed by atoms with van der Waals surface area (Å²) in [6, 6.07) is 12.8. The van der Waals surface area contributed by atoms with Crippen LogP contribution in [0.2, 0.25) is 0 Å². The van der Waals surface area contributed by atoms with Gasteiger partial charge >= 0.3 is 0 Å². The molecule has 0 saturated carbocycles. The number of amides is 1. The normalized spacial score (nSPS) is 13.7. The van der Waals surface area contributed by atoms with Crippen LogP contribution in [-0.4, -0.2) is 28.9 Å². The maximum absolute atomic E-state index is 14.6. The molecule has 144 valence electrons. The summed E-state index contributed by atoms with van der Waals surface area (Å²) in [5, 5.41) is 2.21. The Balaban J connectivity index is 1.46. The average Bonchev–Trinajstić information content (AvgIpc) is 3.38. The molecule has 1 fully saturated rings. The van der Waals surface area contributed by atoms with Gasteiger partial charge in [0, 0.05) is 30.1 Å². The zero-order valence-electron chi connectivity index (χ0n) is 15.7. The van der Waals surface area contributed by atoms with E-state index in [4.69, 9.17) is 4.74 Å². The third kappa shape index (κ3) is 4.07. The number of nitrogens with zero attached hydrogens (tertiary/aromatic N) is 2. The summed E-state index contributed by atoms with van der Waals surface area (Å²) < 4.78 is 20.3. The molecule has 28 heavy (non-hydrogen) atoms. The summed E-state index contributed by atoms with van der Waals surface area (Å²) in [6.07, 6.45) is 2.06. The van der Waals surface area contributed by atoms with Gasteiger partial charge in [0.1, 0.15) is 28.9 Å². The molecule has 6 heteroatoms. The van der Waals surface area contributed by atoms with Crippen molar-refractivity contribution in [2.24, 2.45) is 0 Å². The van der Waals surface area contributed by atoms with Crippen molar-refractivity contribution in [3.63, 3.8) is 0 Å². The number of aromatic nitrogens is 1. The maximum atomic E-state index is 14.6. The van der Waals surface area contributed by atoms with Gasteiger partial charge in [0.2, 0.25) is 0 Å². The van der Waals surface area contributed by atoms with Gasteiger partial charge in [-0.1, -0.05) is 29.8 Å². The number of likely N-dealkylation sites (tertiary alicyclic amines) is 1. The van der Waals surface area contributed by atoms with Crippen LogP contribution in [0.1, 0.15) is 34.5 Å². The topological polar surface area (TPSA) is 42.4 Å². The molecule has 2 heterocycles. The van der Waals surface area contributed by atoms with E-state index in [1.807, 2.05) is 31.2 Å². The molecular weight excluding hydrogens is 375 g/mol. The van der Waals surface area contributed by atoms with Crippen molar-refractivity contribution in [1.82, 2.24) is 9.88 Å². The van der Waals surface area contributed by atoms with Crippen molar-refractivity contribution in [3.05, 3.63) is 70.5 Å². The summed E-state index contributed by atoms with van der Waals surface area (Å²) in [4.78, 5) is 18.6. The fraction of sp³-hybridized carbons (Fsp3) is 0.273. The molecule has 1 aliphatic heterocycles. The number of hydrogen-bond donors (Lipinski definition) is 0. The van der Waals surface area contributed by atoms with E-state index in [1.54, 1.807) is 22.4 Å². The summed E-state index contributed by atoms with van der Waals surface area (Å²) in [5.74, 6) is -0.0116. The number of carbonyl (C=O) groups excluding carboxylic acids is 1. The molecule has 1 saturated heterocycles. The van der Waals surface area contributed by atoms with Crippen LogP contribution in [0.15, 0.2) is 47.8 Å². The molecule has 4 rings (SSSR count). The Hall–Kier alpha value is -2.73. The van der Waals surface area contributed by atoms with E-state index in [9.17, 15) is 9.18 Å². The number of hydrogen-bond acceptors (Lipinski definition) is 4. The minimum atomic E-state index is -0.406. The number of carbonyl (C=O) groups is 1. The maximum Gasteiger partial charge on any atom is 0.273 e. The van der Waals surface area contributed by atoms with Gasteiger partial charge in [-0.05, 0) is 37.5 Å². The van der Waals surface area contributed by atoms with Crippen molar-refractivity contribution >= 4 is 17.2 Å². The molecule has 3 aromatic rings. The first kappa shape index (κ1) is 18.6. The summed E-state index contributed by atoms with van der Waals surface area (Å²) in [5.41, 5.74) is 2.97. The zero-order valence-corrected chi connectivity index (χ0v) is 16.5.